The van der Waals surface area contributed by atoms with Gasteiger partial charge in [0, 0.05) is 18.0 Å². The van der Waals surface area contributed by atoms with Gasteiger partial charge in [0.2, 0.25) is 0 Å². The first-order chi connectivity index (χ1) is 9.99. The third-order valence-corrected chi connectivity index (χ3v) is 2.90. The van der Waals surface area contributed by atoms with Crippen LogP contribution in [0.4, 0.5) is 16.2 Å². The lowest BCUT2D eigenvalue weighted by Gasteiger charge is -2.16. The van der Waals surface area contributed by atoms with E-state index in [4.69, 9.17) is 5.11 Å². The topological polar surface area (TPSA) is 117 Å². The Morgan fingerprint density at radius 3 is 2.86 bits per heavy atom. The Kier molecular flexibility index (Phi) is 4.17. The molecular weight excluding hydrogens is 276 g/mol. The summed E-state index contributed by atoms with van der Waals surface area (Å²) in [5, 5.41) is 25.5. The lowest BCUT2D eigenvalue weighted by Crippen LogP contribution is -2.33. The third kappa shape index (κ3) is 3.35. The summed E-state index contributed by atoms with van der Waals surface area (Å²) in [6, 6.07) is 6.73. The number of hydrogen-bond acceptors (Lipinski definition) is 5. The first-order valence-electron chi connectivity index (χ1n) is 6.24. The molecule has 1 amide bonds. The highest BCUT2D eigenvalue weighted by Crippen LogP contribution is 2.31. The molecule has 1 aromatic carbocycles. The summed E-state index contributed by atoms with van der Waals surface area (Å²) in [4.78, 5) is 25.2. The minimum absolute atomic E-state index is 0.128. The number of carbonyl (C=O) groups is 1. The predicted molar refractivity (Wildman–Crippen MR) is 77.5 cm³/mol. The van der Waals surface area contributed by atoms with Crippen molar-refractivity contribution in [3.63, 3.8) is 0 Å². The summed E-state index contributed by atoms with van der Waals surface area (Å²) in [5.41, 5.74) is 0.824. The average Bonchev–Trinajstić information content (AvgIpc) is 2.45. The van der Waals surface area contributed by atoms with E-state index in [1.165, 1.54) is 6.20 Å². The largest absolute Gasteiger partial charge is 0.465 e. The Labute approximate surface area is 120 Å². The number of fused-ring (bicyclic) bond motifs is 1. The van der Waals surface area contributed by atoms with Crippen LogP contribution in [-0.4, -0.2) is 33.7 Å². The first kappa shape index (κ1) is 14.5. The van der Waals surface area contributed by atoms with Crippen LogP contribution >= 0.6 is 0 Å². The molecule has 8 heteroatoms. The lowest BCUT2D eigenvalue weighted by atomic mass is 10.1. The molecule has 0 aliphatic carbocycles. The fraction of sp³-hybridized carbons (Fsp3) is 0.231. The quantitative estimate of drug-likeness (QED) is 0.574. The van der Waals surface area contributed by atoms with Crippen molar-refractivity contribution < 1.29 is 14.8 Å². The van der Waals surface area contributed by atoms with E-state index in [-0.39, 0.29) is 18.3 Å². The number of pyridine rings is 1. The third-order valence-electron chi connectivity index (χ3n) is 2.90. The van der Waals surface area contributed by atoms with Crippen LogP contribution in [0.2, 0.25) is 0 Å². The molecule has 0 radical (unpaired) electrons. The second kappa shape index (κ2) is 6.04. The van der Waals surface area contributed by atoms with Gasteiger partial charge in [-0.05, 0) is 13.0 Å². The zero-order valence-corrected chi connectivity index (χ0v) is 11.2. The van der Waals surface area contributed by atoms with E-state index in [1.807, 2.05) is 0 Å². The van der Waals surface area contributed by atoms with Gasteiger partial charge in [0.15, 0.2) is 0 Å². The zero-order valence-electron chi connectivity index (χ0n) is 11.2. The summed E-state index contributed by atoms with van der Waals surface area (Å²) >= 11 is 0. The molecule has 110 valence electrons. The molecule has 0 saturated carbocycles. The van der Waals surface area contributed by atoms with Gasteiger partial charge in [0.25, 0.3) is 0 Å². The molecule has 0 aliphatic rings. The summed E-state index contributed by atoms with van der Waals surface area (Å²) in [5.74, 6) is 0. The second-order valence-corrected chi connectivity index (χ2v) is 4.52. The summed E-state index contributed by atoms with van der Waals surface area (Å²) in [7, 11) is 0. The molecule has 1 heterocycles. The second-order valence-electron chi connectivity index (χ2n) is 4.52. The lowest BCUT2D eigenvalue weighted by molar-refractivity contribution is -0.384. The van der Waals surface area contributed by atoms with Crippen LogP contribution in [0.1, 0.15) is 6.92 Å². The Morgan fingerprint density at radius 2 is 2.19 bits per heavy atom. The van der Waals surface area contributed by atoms with Crippen LogP contribution in [0.15, 0.2) is 30.5 Å². The van der Waals surface area contributed by atoms with E-state index >= 15 is 0 Å². The van der Waals surface area contributed by atoms with Crippen molar-refractivity contribution in [1.82, 2.24) is 10.3 Å². The Balaban J connectivity index is 2.37. The molecule has 8 nitrogen and oxygen atoms in total. The Morgan fingerprint density at radius 1 is 1.48 bits per heavy atom. The van der Waals surface area contributed by atoms with Crippen molar-refractivity contribution >= 4 is 28.4 Å². The van der Waals surface area contributed by atoms with Crippen LogP contribution < -0.4 is 10.6 Å². The number of nitro groups is 1. The molecule has 3 N–H and O–H groups in total. The number of carboxylic acid groups (broad SMARTS) is 1. The van der Waals surface area contributed by atoms with E-state index in [0.717, 1.165) is 0 Å². The minimum atomic E-state index is -1.14. The predicted octanol–water partition coefficient (Wildman–Crippen LogP) is 2.21. The van der Waals surface area contributed by atoms with E-state index in [1.54, 1.807) is 31.2 Å². The van der Waals surface area contributed by atoms with Crippen molar-refractivity contribution in [2.75, 3.05) is 11.9 Å². The molecule has 21 heavy (non-hydrogen) atoms. The van der Waals surface area contributed by atoms with Crippen LogP contribution in [0.25, 0.3) is 10.9 Å². The van der Waals surface area contributed by atoms with Crippen LogP contribution in [0, 0.1) is 10.1 Å². The molecule has 0 fully saturated rings. The zero-order chi connectivity index (χ0) is 15.4. The number of nitrogens with one attached hydrogen (secondary N) is 2. The molecule has 0 spiro atoms. The molecule has 1 aromatic heterocycles. The molecular formula is C13H14N4O4. The van der Waals surface area contributed by atoms with Gasteiger partial charge in [-0.25, -0.2) is 9.78 Å². The first-order valence-corrected chi connectivity index (χ1v) is 6.24. The molecule has 0 saturated heterocycles. The van der Waals surface area contributed by atoms with Gasteiger partial charge < -0.3 is 15.7 Å². The smallest absolute Gasteiger partial charge is 0.404 e. The monoisotopic (exact) mass is 290 g/mol. The van der Waals surface area contributed by atoms with Gasteiger partial charge in [0.05, 0.1) is 10.4 Å². The highest BCUT2D eigenvalue weighted by atomic mass is 16.6. The maximum absolute atomic E-state index is 11.1. The van der Waals surface area contributed by atoms with E-state index < -0.39 is 11.0 Å². The van der Waals surface area contributed by atoms with Crippen molar-refractivity contribution in [3.8, 4) is 0 Å². The van der Waals surface area contributed by atoms with Crippen molar-refractivity contribution in [1.29, 1.82) is 0 Å². The number of hydrogen-bond donors (Lipinski definition) is 3. The van der Waals surface area contributed by atoms with Gasteiger partial charge in [-0.1, -0.05) is 18.2 Å². The van der Waals surface area contributed by atoms with Crippen LogP contribution in [0.5, 0.6) is 0 Å². The maximum atomic E-state index is 11.1. The van der Waals surface area contributed by atoms with Crippen molar-refractivity contribution in [2.45, 2.75) is 13.0 Å². The molecule has 2 aromatic rings. The van der Waals surface area contributed by atoms with E-state index in [2.05, 4.69) is 15.6 Å². The van der Waals surface area contributed by atoms with E-state index in [0.29, 0.717) is 16.6 Å². The van der Waals surface area contributed by atoms with Gasteiger partial charge in [-0.15, -0.1) is 0 Å². The number of para-hydroxylation sites is 1. The van der Waals surface area contributed by atoms with Crippen molar-refractivity contribution in [3.05, 3.63) is 40.6 Å². The average molecular weight is 290 g/mol. The summed E-state index contributed by atoms with van der Waals surface area (Å²) in [6.07, 6.45) is 0.0555. The fourth-order valence-electron chi connectivity index (χ4n) is 1.96. The molecule has 0 aliphatic heterocycles. The van der Waals surface area contributed by atoms with Crippen molar-refractivity contribution in [2.24, 2.45) is 0 Å². The molecule has 0 bridgehead atoms. The van der Waals surface area contributed by atoms with Crippen LogP contribution in [-0.2, 0) is 0 Å². The van der Waals surface area contributed by atoms with Gasteiger partial charge in [-0.2, -0.15) is 0 Å². The summed E-state index contributed by atoms with van der Waals surface area (Å²) < 4.78 is 0. The minimum Gasteiger partial charge on any atom is -0.465 e. The summed E-state index contributed by atoms with van der Waals surface area (Å²) in [6.45, 7) is 1.86. The Bertz CT molecular complexity index is 689. The number of aromatic nitrogens is 1. The SMILES string of the molecule is C[C@@H](CNC(=O)O)Nc1c([N+](=O)[O-])cnc2ccccc12. The number of anilines is 1. The van der Waals surface area contributed by atoms with Crippen LogP contribution in [0.3, 0.4) is 0 Å². The highest BCUT2D eigenvalue weighted by Gasteiger charge is 2.19. The molecule has 2 rings (SSSR count). The van der Waals surface area contributed by atoms with E-state index in [9.17, 15) is 14.9 Å². The number of benzene rings is 1. The molecule has 0 unspecified atom stereocenters. The fourth-order valence-corrected chi connectivity index (χ4v) is 1.96. The number of rotatable bonds is 5. The van der Waals surface area contributed by atoms with Gasteiger partial charge in [-0.3, -0.25) is 10.1 Å². The maximum Gasteiger partial charge on any atom is 0.404 e. The normalized spacial score (nSPS) is 11.9. The van der Waals surface area contributed by atoms with Gasteiger partial charge in [0.1, 0.15) is 11.9 Å². The standard InChI is InChI=1S/C13H14N4O4/c1-8(6-15-13(18)19)16-12-9-4-2-3-5-10(9)14-7-11(12)17(20)21/h2-5,7-8,15H,6H2,1H3,(H,14,16)(H,18,19)/t8-/m0/s1. The van der Waals surface area contributed by atoms with Gasteiger partial charge >= 0.3 is 11.8 Å². The number of nitrogens with zero attached hydrogens (tertiary/aromatic N) is 2. The Hall–Kier alpha value is -2.90. The highest BCUT2D eigenvalue weighted by molar-refractivity contribution is 5.95. The number of amides is 1. The molecule has 1 atom stereocenters.